The van der Waals surface area contributed by atoms with Gasteiger partial charge in [0.1, 0.15) is 0 Å². The van der Waals surface area contributed by atoms with Crippen LogP contribution in [0.4, 0.5) is 4.39 Å². The van der Waals surface area contributed by atoms with Gasteiger partial charge in [0.15, 0.2) is 0 Å². The van der Waals surface area contributed by atoms with Crippen LogP contribution in [0.25, 0.3) is 0 Å². The quantitative estimate of drug-likeness (QED) is 0.568. The van der Waals surface area contributed by atoms with E-state index in [4.69, 9.17) is 17.0 Å². The molecule has 0 atom stereocenters. The van der Waals surface area contributed by atoms with E-state index in [0.29, 0.717) is 10.6 Å². The average molecular weight is 236 g/mol. The van der Waals surface area contributed by atoms with Gasteiger partial charge >= 0.3 is 76.6 Å². The van der Waals surface area contributed by atoms with E-state index < -0.39 is 5.82 Å². The monoisotopic (exact) mass is 236 g/mol. The third-order valence-electron chi connectivity index (χ3n) is 1.12. The van der Waals surface area contributed by atoms with Crippen molar-refractivity contribution in [1.29, 1.82) is 5.41 Å². The molecule has 0 fully saturated rings. The summed E-state index contributed by atoms with van der Waals surface area (Å²) in [4.78, 5) is 0. The molecule has 1 aromatic rings. The Labute approximate surface area is 76.9 Å². The number of nitrogens with one attached hydrogen (secondary N) is 1. The van der Waals surface area contributed by atoms with Crippen LogP contribution < -0.4 is 0 Å². The van der Waals surface area contributed by atoms with Crippen molar-refractivity contribution in [3.05, 3.63) is 34.6 Å². The molecule has 0 heterocycles. The second-order valence-corrected chi connectivity index (χ2v) is 3.28. The van der Waals surface area contributed by atoms with Crippen molar-refractivity contribution in [3.63, 3.8) is 0 Å². The molecule has 1 radical (unpaired) electrons. The molecule has 0 unspecified atom stereocenters. The molecular weight excluding hydrogens is 231 g/mol. The van der Waals surface area contributed by atoms with Crippen molar-refractivity contribution in [3.8, 4) is 0 Å². The Morgan fingerprint density at radius 2 is 2.09 bits per heavy atom. The van der Waals surface area contributed by atoms with Gasteiger partial charge in [0, 0.05) is 0 Å². The first kappa shape index (κ1) is 8.72. The standard InChI is InChI=1S/C7H4ClFNSe/c8-5-1-4(7(10)11)2-6(9)3-5/h1-3,10H. The van der Waals surface area contributed by atoms with Gasteiger partial charge in [-0.25, -0.2) is 0 Å². The third kappa shape index (κ3) is 2.29. The number of hydrogen-bond acceptors (Lipinski definition) is 1. The van der Waals surface area contributed by atoms with Crippen molar-refractivity contribution in [2.45, 2.75) is 0 Å². The fourth-order valence-electron chi connectivity index (χ4n) is 0.685. The van der Waals surface area contributed by atoms with E-state index in [9.17, 15) is 4.39 Å². The fraction of sp³-hybridized carbons (Fsp3) is 0. The molecule has 0 aromatic heterocycles. The van der Waals surface area contributed by atoms with E-state index >= 15 is 0 Å². The number of hydrogen-bond donors (Lipinski definition) is 1. The molecule has 1 N–H and O–H groups in total. The predicted octanol–water partition coefficient (Wildman–Crippen LogP) is 1.97. The van der Waals surface area contributed by atoms with Crippen LogP contribution >= 0.6 is 11.6 Å². The molecule has 0 bridgehead atoms. The van der Waals surface area contributed by atoms with E-state index in [1.54, 1.807) is 0 Å². The van der Waals surface area contributed by atoms with Crippen LogP contribution in [0.5, 0.6) is 0 Å². The molecule has 0 aliphatic carbocycles. The Morgan fingerprint density at radius 3 is 2.55 bits per heavy atom. The minimum atomic E-state index is -0.424. The first-order chi connectivity index (χ1) is 5.09. The van der Waals surface area contributed by atoms with Crippen LogP contribution in [0.3, 0.4) is 0 Å². The minimum absolute atomic E-state index is 0.186. The molecule has 1 aromatic carbocycles. The molecule has 0 saturated heterocycles. The zero-order valence-electron chi connectivity index (χ0n) is 5.40. The molecule has 0 aliphatic heterocycles. The molecule has 1 nitrogen and oxygen atoms in total. The third-order valence-corrected chi connectivity index (χ3v) is 1.84. The summed E-state index contributed by atoms with van der Waals surface area (Å²) in [6, 6.07) is 3.99. The van der Waals surface area contributed by atoms with E-state index in [1.807, 2.05) is 0 Å². The SMILES string of the molecule is N=C([Se])c1cc(F)cc(Cl)c1. The summed E-state index contributed by atoms with van der Waals surface area (Å²) in [6.45, 7) is 0. The van der Waals surface area contributed by atoms with Gasteiger partial charge in [-0.3, -0.25) is 0 Å². The van der Waals surface area contributed by atoms with Gasteiger partial charge in [0.05, 0.1) is 0 Å². The normalized spacial score (nSPS) is 9.64. The van der Waals surface area contributed by atoms with Crippen molar-refractivity contribution in [2.75, 3.05) is 0 Å². The fourth-order valence-corrected chi connectivity index (χ4v) is 1.15. The Balaban J connectivity index is 3.19. The maximum atomic E-state index is 12.6. The molecule has 0 saturated carbocycles. The van der Waals surface area contributed by atoms with Crippen LogP contribution in [0.1, 0.15) is 5.56 Å². The molecule has 0 aliphatic rings. The van der Waals surface area contributed by atoms with Gasteiger partial charge in [-0.2, -0.15) is 0 Å². The summed E-state index contributed by atoms with van der Waals surface area (Å²) in [5.74, 6) is -0.424. The van der Waals surface area contributed by atoms with Crippen molar-refractivity contribution in [2.24, 2.45) is 0 Å². The molecular formula is C7H4ClFNSe. The Hall–Kier alpha value is -0.371. The van der Waals surface area contributed by atoms with Gasteiger partial charge in [-0.05, 0) is 0 Å². The number of rotatable bonds is 1. The molecule has 0 spiro atoms. The summed E-state index contributed by atoms with van der Waals surface area (Å²) in [6.07, 6.45) is 0. The van der Waals surface area contributed by atoms with Gasteiger partial charge in [-0.15, -0.1) is 0 Å². The van der Waals surface area contributed by atoms with Crippen LogP contribution in [0.15, 0.2) is 18.2 Å². The second-order valence-electron chi connectivity index (χ2n) is 1.99. The van der Waals surface area contributed by atoms with Crippen LogP contribution in [0, 0.1) is 11.2 Å². The molecule has 4 heteroatoms. The Morgan fingerprint density at radius 1 is 1.45 bits per heavy atom. The zero-order valence-corrected chi connectivity index (χ0v) is 7.87. The van der Waals surface area contributed by atoms with Crippen LogP contribution in [-0.2, 0) is 0 Å². The van der Waals surface area contributed by atoms with Gasteiger partial charge in [-0.1, -0.05) is 0 Å². The van der Waals surface area contributed by atoms with Crippen molar-refractivity contribution >= 4 is 32.2 Å². The molecule has 57 valence electrons. The molecule has 1 rings (SSSR count). The van der Waals surface area contributed by atoms with E-state index in [0.717, 1.165) is 0 Å². The van der Waals surface area contributed by atoms with Crippen molar-refractivity contribution < 1.29 is 4.39 Å². The predicted molar refractivity (Wildman–Crippen MR) is 44.0 cm³/mol. The average Bonchev–Trinajstić information content (AvgIpc) is 1.85. The zero-order chi connectivity index (χ0) is 8.43. The first-order valence-electron chi connectivity index (χ1n) is 2.81. The number of halogens is 2. The van der Waals surface area contributed by atoms with E-state index in [-0.39, 0.29) is 4.61 Å². The Bertz CT molecular complexity index is 280. The summed E-state index contributed by atoms with van der Waals surface area (Å²) < 4.78 is 12.8. The van der Waals surface area contributed by atoms with E-state index in [2.05, 4.69) is 16.0 Å². The van der Waals surface area contributed by atoms with Crippen LogP contribution in [0.2, 0.25) is 5.02 Å². The van der Waals surface area contributed by atoms with Gasteiger partial charge in [0.2, 0.25) is 0 Å². The topological polar surface area (TPSA) is 23.9 Å². The Kier molecular flexibility index (Phi) is 2.66. The van der Waals surface area contributed by atoms with E-state index in [1.165, 1.54) is 18.2 Å². The van der Waals surface area contributed by atoms with Gasteiger partial charge in [0.25, 0.3) is 0 Å². The number of benzene rings is 1. The second kappa shape index (κ2) is 3.35. The summed E-state index contributed by atoms with van der Waals surface area (Å²) in [7, 11) is 0. The first-order valence-corrected chi connectivity index (χ1v) is 4.05. The van der Waals surface area contributed by atoms with Crippen LogP contribution in [-0.4, -0.2) is 20.6 Å². The summed E-state index contributed by atoms with van der Waals surface area (Å²) in [5, 5.41) is 7.45. The molecule has 0 amide bonds. The summed E-state index contributed by atoms with van der Waals surface area (Å²) >= 11 is 8.01. The maximum absolute atomic E-state index is 12.6. The van der Waals surface area contributed by atoms with Crippen molar-refractivity contribution in [1.82, 2.24) is 0 Å². The summed E-state index contributed by atoms with van der Waals surface area (Å²) in [5.41, 5.74) is 0.468. The molecule has 11 heavy (non-hydrogen) atoms. The van der Waals surface area contributed by atoms with Gasteiger partial charge < -0.3 is 0 Å².